The van der Waals surface area contributed by atoms with Crippen molar-refractivity contribution in [3.63, 3.8) is 0 Å². The average molecular weight is 283 g/mol. The van der Waals surface area contributed by atoms with E-state index >= 15 is 0 Å². The Labute approximate surface area is 121 Å². The highest BCUT2D eigenvalue weighted by Gasteiger charge is 2.26. The molecule has 3 nitrogen and oxygen atoms in total. The van der Waals surface area contributed by atoms with E-state index in [1.54, 1.807) is 24.3 Å². The van der Waals surface area contributed by atoms with Crippen LogP contribution in [0.5, 0.6) is 0 Å². The predicted molar refractivity (Wildman–Crippen MR) is 76.8 cm³/mol. The van der Waals surface area contributed by atoms with Crippen molar-refractivity contribution in [3.8, 4) is 0 Å². The van der Waals surface area contributed by atoms with Crippen LogP contribution in [0.25, 0.3) is 0 Å². The molecule has 106 valence electrons. The molecule has 0 bridgehead atoms. The number of carbonyl (C=O) groups excluding carboxylic acids is 2. The van der Waals surface area contributed by atoms with E-state index in [0.29, 0.717) is 16.7 Å². The van der Waals surface area contributed by atoms with E-state index < -0.39 is 5.82 Å². The van der Waals surface area contributed by atoms with Gasteiger partial charge in [-0.05, 0) is 43.2 Å². The summed E-state index contributed by atoms with van der Waals surface area (Å²) >= 11 is 0. The number of amides is 1. The largest absolute Gasteiger partial charge is 0.349 e. The molecule has 0 heterocycles. The van der Waals surface area contributed by atoms with Gasteiger partial charge in [-0.15, -0.1) is 0 Å². The topological polar surface area (TPSA) is 46.2 Å². The molecule has 1 fully saturated rings. The van der Waals surface area contributed by atoms with Gasteiger partial charge in [0.2, 0.25) is 0 Å². The number of nitrogens with one attached hydrogen (secondary N) is 1. The third-order valence-electron chi connectivity index (χ3n) is 3.44. The number of rotatable bonds is 4. The van der Waals surface area contributed by atoms with Gasteiger partial charge in [-0.2, -0.15) is 0 Å². The van der Waals surface area contributed by atoms with Crippen molar-refractivity contribution >= 4 is 11.7 Å². The fourth-order valence-corrected chi connectivity index (χ4v) is 2.13. The lowest BCUT2D eigenvalue weighted by Crippen LogP contribution is -2.27. The fraction of sp³-hybridized carbons (Fsp3) is 0.176. The Balaban J connectivity index is 1.92. The van der Waals surface area contributed by atoms with Crippen LogP contribution >= 0.6 is 0 Å². The van der Waals surface area contributed by atoms with Gasteiger partial charge in [-0.3, -0.25) is 9.59 Å². The molecule has 2 aromatic rings. The number of halogens is 1. The first-order valence-corrected chi connectivity index (χ1v) is 6.85. The number of benzene rings is 2. The van der Waals surface area contributed by atoms with Crippen LogP contribution in [0.3, 0.4) is 0 Å². The molecule has 4 heteroatoms. The average Bonchev–Trinajstić information content (AvgIpc) is 3.31. The fourth-order valence-electron chi connectivity index (χ4n) is 2.13. The van der Waals surface area contributed by atoms with Crippen LogP contribution in [0.2, 0.25) is 0 Å². The van der Waals surface area contributed by atoms with E-state index in [1.165, 1.54) is 24.3 Å². The Morgan fingerprint density at radius 1 is 0.952 bits per heavy atom. The van der Waals surface area contributed by atoms with Crippen LogP contribution in [0.1, 0.15) is 39.1 Å². The Bertz CT molecular complexity index is 690. The van der Waals surface area contributed by atoms with Gasteiger partial charge < -0.3 is 5.32 Å². The van der Waals surface area contributed by atoms with Crippen LogP contribution in [0, 0.1) is 5.82 Å². The molecule has 0 atom stereocenters. The van der Waals surface area contributed by atoms with E-state index in [2.05, 4.69) is 5.32 Å². The summed E-state index contributed by atoms with van der Waals surface area (Å²) in [6.07, 6.45) is 1.97. The van der Waals surface area contributed by atoms with Gasteiger partial charge in [0.25, 0.3) is 5.91 Å². The van der Waals surface area contributed by atoms with Crippen LogP contribution in [-0.4, -0.2) is 17.7 Å². The molecule has 1 aliphatic rings. The maximum absolute atomic E-state index is 12.9. The molecule has 0 aromatic heterocycles. The van der Waals surface area contributed by atoms with Gasteiger partial charge in [0.15, 0.2) is 5.78 Å². The monoisotopic (exact) mass is 283 g/mol. The Morgan fingerprint density at radius 2 is 1.57 bits per heavy atom. The van der Waals surface area contributed by atoms with Gasteiger partial charge in [0, 0.05) is 17.2 Å². The van der Waals surface area contributed by atoms with E-state index in [-0.39, 0.29) is 17.7 Å². The number of hydrogen-bond acceptors (Lipinski definition) is 2. The van der Waals surface area contributed by atoms with E-state index in [4.69, 9.17) is 0 Å². The zero-order valence-corrected chi connectivity index (χ0v) is 11.3. The lowest BCUT2D eigenvalue weighted by molar-refractivity contribution is 0.0939. The summed E-state index contributed by atoms with van der Waals surface area (Å²) < 4.78 is 12.9. The highest BCUT2D eigenvalue weighted by Crippen LogP contribution is 2.21. The second-order valence-corrected chi connectivity index (χ2v) is 5.13. The standard InChI is InChI=1S/C17H14FNO2/c18-12-7-5-11(6-8-12)16(20)14-3-1-2-4-15(14)17(21)19-13-9-10-13/h1-8,13H,9-10H2,(H,19,21). The van der Waals surface area contributed by atoms with Crippen LogP contribution < -0.4 is 5.32 Å². The van der Waals surface area contributed by atoms with Crippen molar-refractivity contribution in [1.29, 1.82) is 0 Å². The van der Waals surface area contributed by atoms with Crippen LogP contribution in [0.15, 0.2) is 48.5 Å². The van der Waals surface area contributed by atoms with Crippen molar-refractivity contribution in [3.05, 3.63) is 71.0 Å². The van der Waals surface area contributed by atoms with Gasteiger partial charge in [0.05, 0.1) is 5.56 Å². The molecule has 0 radical (unpaired) electrons. The minimum Gasteiger partial charge on any atom is -0.349 e. The van der Waals surface area contributed by atoms with Gasteiger partial charge in [0.1, 0.15) is 5.82 Å². The molecule has 1 aliphatic carbocycles. The Hall–Kier alpha value is -2.49. The molecule has 3 rings (SSSR count). The van der Waals surface area contributed by atoms with Crippen molar-refractivity contribution in [2.45, 2.75) is 18.9 Å². The zero-order chi connectivity index (χ0) is 14.8. The molecule has 21 heavy (non-hydrogen) atoms. The predicted octanol–water partition coefficient (Wildman–Crippen LogP) is 2.95. The quantitative estimate of drug-likeness (QED) is 0.877. The molecule has 0 spiro atoms. The highest BCUT2D eigenvalue weighted by atomic mass is 19.1. The minimum absolute atomic E-state index is 0.228. The summed E-state index contributed by atoms with van der Waals surface area (Å²) in [5.41, 5.74) is 1.06. The molecule has 1 amide bonds. The third kappa shape index (κ3) is 2.99. The highest BCUT2D eigenvalue weighted by molar-refractivity contribution is 6.15. The number of ketones is 1. The van der Waals surface area contributed by atoms with Gasteiger partial charge >= 0.3 is 0 Å². The van der Waals surface area contributed by atoms with E-state index in [0.717, 1.165) is 12.8 Å². The second kappa shape index (κ2) is 5.48. The first kappa shape index (κ1) is 13.5. The minimum atomic E-state index is -0.397. The normalized spacial score (nSPS) is 13.8. The molecular formula is C17H14FNO2. The Kier molecular flexibility index (Phi) is 3.52. The Morgan fingerprint density at radius 3 is 2.19 bits per heavy atom. The molecular weight excluding hydrogens is 269 g/mol. The summed E-state index contributed by atoms with van der Waals surface area (Å²) in [5, 5.41) is 2.87. The molecule has 0 saturated heterocycles. The van der Waals surface area contributed by atoms with Crippen molar-refractivity contribution in [2.24, 2.45) is 0 Å². The third-order valence-corrected chi connectivity index (χ3v) is 3.44. The van der Waals surface area contributed by atoms with Gasteiger partial charge in [-0.25, -0.2) is 4.39 Å². The number of carbonyl (C=O) groups is 2. The zero-order valence-electron chi connectivity index (χ0n) is 11.3. The van der Waals surface area contributed by atoms with Crippen molar-refractivity contribution < 1.29 is 14.0 Å². The van der Waals surface area contributed by atoms with Crippen molar-refractivity contribution in [2.75, 3.05) is 0 Å². The number of hydrogen-bond donors (Lipinski definition) is 1. The summed E-state index contributed by atoms with van der Waals surface area (Å²) in [4.78, 5) is 24.7. The van der Waals surface area contributed by atoms with Gasteiger partial charge in [-0.1, -0.05) is 18.2 Å². The summed E-state index contributed by atoms with van der Waals surface area (Å²) in [6, 6.07) is 12.2. The first-order chi connectivity index (χ1) is 10.1. The lowest BCUT2D eigenvalue weighted by atomic mass is 9.98. The molecule has 0 aliphatic heterocycles. The smallest absolute Gasteiger partial charge is 0.252 e. The second-order valence-electron chi connectivity index (χ2n) is 5.13. The van der Waals surface area contributed by atoms with E-state index in [1.807, 2.05) is 0 Å². The van der Waals surface area contributed by atoms with Crippen LogP contribution in [0.4, 0.5) is 4.39 Å². The van der Waals surface area contributed by atoms with Crippen LogP contribution in [-0.2, 0) is 0 Å². The summed E-state index contributed by atoms with van der Waals surface area (Å²) in [7, 11) is 0. The lowest BCUT2D eigenvalue weighted by Gasteiger charge is -2.09. The molecule has 1 N–H and O–H groups in total. The first-order valence-electron chi connectivity index (χ1n) is 6.85. The SMILES string of the molecule is O=C(NC1CC1)c1ccccc1C(=O)c1ccc(F)cc1. The van der Waals surface area contributed by atoms with Crippen molar-refractivity contribution in [1.82, 2.24) is 5.32 Å². The summed E-state index contributed by atoms with van der Waals surface area (Å²) in [5.74, 6) is -0.911. The maximum Gasteiger partial charge on any atom is 0.252 e. The summed E-state index contributed by atoms with van der Waals surface area (Å²) in [6.45, 7) is 0. The molecule has 1 saturated carbocycles. The molecule has 2 aromatic carbocycles. The molecule has 0 unspecified atom stereocenters. The maximum atomic E-state index is 12.9. The van der Waals surface area contributed by atoms with E-state index in [9.17, 15) is 14.0 Å².